The summed E-state index contributed by atoms with van der Waals surface area (Å²) in [5.41, 5.74) is 6.26. The van der Waals surface area contributed by atoms with E-state index in [0.29, 0.717) is 0 Å². The number of piperidine rings is 1. The molecule has 0 saturated carbocycles. The zero-order valence-corrected chi connectivity index (χ0v) is 10.3. The lowest BCUT2D eigenvalue weighted by Gasteiger charge is -2.32. The van der Waals surface area contributed by atoms with Crippen LogP contribution in [0.3, 0.4) is 0 Å². The van der Waals surface area contributed by atoms with Gasteiger partial charge in [0.05, 0.1) is 0 Å². The molecule has 0 unspecified atom stereocenters. The van der Waals surface area contributed by atoms with Gasteiger partial charge >= 0.3 is 0 Å². The number of likely N-dealkylation sites (tertiary alicyclic amines) is 1. The average molecular weight is 249 g/mol. The van der Waals surface area contributed by atoms with Crippen molar-refractivity contribution in [3.05, 3.63) is 30.1 Å². The third kappa shape index (κ3) is 2.79. The number of nitrogens with zero attached hydrogens (tertiary/aromatic N) is 2. The molecule has 2 heterocycles. The summed E-state index contributed by atoms with van der Waals surface area (Å²) >= 11 is 5.41. The topological polar surface area (TPSA) is 59.2 Å². The molecule has 17 heavy (non-hydrogen) atoms. The van der Waals surface area contributed by atoms with Crippen LogP contribution in [0.25, 0.3) is 0 Å². The SMILES string of the molecule is NC(=O)C1CCN(C(=S)c2cccnc2)CC1. The van der Waals surface area contributed by atoms with Crippen molar-refractivity contribution in [3.63, 3.8) is 0 Å². The average Bonchev–Trinajstić information content (AvgIpc) is 2.39. The van der Waals surface area contributed by atoms with Gasteiger partial charge in [0.15, 0.2) is 0 Å². The smallest absolute Gasteiger partial charge is 0.220 e. The molecule has 1 fully saturated rings. The molecular weight excluding hydrogens is 234 g/mol. The highest BCUT2D eigenvalue weighted by molar-refractivity contribution is 7.80. The molecule has 1 saturated heterocycles. The van der Waals surface area contributed by atoms with Crippen molar-refractivity contribution in [1.82, 2.24) is 9.88 Å². The zero-order chi connectivity index (χ0) is 12.3. The molecule has 0 aromatic carbocycles. The molecule has 2 rings (SSSR count). The molecule has 0 bridgehead atoms. The Labute approximate surface area is 106 Å². The quantitative estimate of drug-likeness (QED) is 0.793. The molecule has 0 spiro atoms. The molecule has 1 aromatic heterocycles. The summed E-state index contributed by atoms with van der Waals surface area (Å²) in [6.45, 7) is 1.59. The van der Waals surface area contributed by atoms with Gasteiger partial charge in [0.2, 0.25) is 5.91 Å². The van der Waals surface area contributed by atoms with E-state index in [1.807, 2.05) is 12.1 Å². The van der Waals surface area contributed by atoms with Crippen molar-refractivity contribution in [2.75, 3.05) is 13.1 Å². The van der Waals surface area contributed by atoms with Crippen LogP contribution in [0.2, 0.25) is 0 Å². The third-order valence-corrected chi connectivity index (χ3v) is 3.59. The van der Waals surface area contributed by atoms with E-state index < -0.39 is 0 Å². The molecule has 1 aliphatic heterocycles. The number of carbonyl (C=O) groups excluding carboxylic acids is 1. The second-order valence-electron chi connectivity index (χ2n) is 4.21. The predicted molar refractivity (Wildman–Crippen MR) is 69.4 cm³/mol. The Balaban J connectivity index is 1.98. The van der Waals surface area contributed by atoms with Gasteiger partial charge in [-0.15, -0.1) is 0 Å². The van der Waals surface area contributed by atoms with Crippen molar-refractivity contribution >= 4 is 23.1 Å². The maximum Gasteiger partial charge on any atom is 0.220 e. The molecule has 1 aromatic rings. The van der Waals surface area contributed by atoms with E-state index in [2.05, 4.69) is 9.88 Å². The van der Waals surface area contributed by atoms with E-state index in [-0.39, 0.29) is 11.8 Å². The van der Waals surface area contributed by atoms with Gasteiger partial charge in [-0.1, -0.05) is 12.2 Å². The van der Waals surface area contributed by atoms with E-state index in [4.69, 9.17) is 18.0 Å². The highest BCUT2D eigenvalue weighted by Crippen LogP contribution is 2.18. The number of thiocarbonyl (C=S) groups is 1. The Hall–Kier alpha value is -1.49. The minimum absolute atomic E-state index is 0.00273. The first-order valence-corrected chi connectivity index (χ1v) is 6.08. The summed E-state index contributed by atoms with van der Waals surface area (Å²) in [6, 6.07) is 3.83. The van der Waals surface area contributed by atoms with Gasteiger partial charge in [-0.3, -0.25) is 9.78 Å². The van der Waals surface area contributed by atoms with E-state index in [0.717, 1.165) is 36.5 Å². The maximum absolute atomic E-state index is 11.1. The van der Waals surface area contributed by atoms with Crippen LogP contribution in [-0.4, -0.2) is 33.9 Å². The fourth-order valence-corrected chi connectivity index (χ4v) is 2.34. The minimum atomic E-state index is -0.197. The lowest BCUT2D eigenvalue weighted by Crippen LogP contribution is -2.41. The standard InChI is InChI=1S/C12H15N3OS/c13-11(16)9-3-6-15(7-4-9)12(17)10-2-1-5-14-8-10/h1-2,5,8-9H,3-4,6-7H2,(H2,13,16). The van der Waals surface area contributed by atoms with E-state index in [9.17, 15) is 4.79 Å². The number of nitrogens with two attached hydrogens (primary N) is 1. The molecule has 0 radical (unpaired) electrons. The first-order valence-electron chi connectivity index (χ1n) is 5.67. The monoisotopic (exact) mass is 249 g/mol. The number of hydrogen-bond acceptors (Lipinski definition) is 3. The molecular formula is C12H15N3OS. The molecule has 2 N–H and O–H groups in total. The van der Waals surface area contributed by atoms with Crippen molar-refractivity contribution in [3.8, 4) is 0 Å². The normalized spacial score (nSPS) is 16.8. The lowest BCUT2D eigenvalue weighted by molar-refractivity contribution is -0.122. The van der Waals surface area contributed by atoms with Crippen LogP contribution >= 0.6 is 12.2 Å². The van der Waals surface area contributed by atoms with Gasteiger partial charge in [0.25, 0.3) is 0 Å². The number of hydrogen-bond donors (Lipinski definition) is 1. The van der Waals surface area contributed by atoms with Crippen LogP contribution < -0.4 is 5.73 Å². The van der Waals surface area contributed by atoms with Gasteiger partial charge < -0.3 is 10.6 Å². The molecule has 0 aliphatic carbocycles. The van der Waals surface area contributed by atoms with E-state index in [1.165, 1.54) is 0 Å². The Kier molecular flexibility index (Phi) is 3.68. The van der Waals surface area contributed by atoms with Crippen LogP contribution in [0.4, 0.5) is 0 Å². The van der Waals surface area contributed by atoms with Crippen LogP contribution in [0.15, 0.2) is 24.5 Å². The fraction of sp³-hybridized carbons (Fsp3) is 0.417. The molecule has 4 nitrogen and oxygen atoms in total. The molecule has 1 aliphatic rings. The van der Waals surface area contributed by atoms with Crippen LogP contribution in [0, 0.1) is 5.92 Å². The van der Waals surface area contributed by atoms with Crippen LogP contribution in [0.1, 0.15) is 18.4 Å². The van der Waals surface area contributed by atoms with Crippen LogP contribution in [-0.2, 0) is 4.79 Å². The Morgan fingerprint density at radius 1 is 1.47 bits per heavy atom. The number of rotatable bonds is 2. The third-order valence-electron chi connectivity index (χ3n) is 3.09. The van der Waals surface area contributed by atoms with Gasteiger partial charge in [-0.25, -0.2) is 0 Å². The second kappa shape index (κ2) is 5.23. The lowest BCUT2D eigenvalue weighted by atomic mass is 9.96. The minimum Gasteiger partial charge on any atom is -0.369 e. The largest absolute Gasteiger partial charge is 0.369 e. The molecule has 5 heteroatoms. The summed E-state index contributed by atoms with van der Waals surface area (Å²) in [6.07, 6.45) is 5.07. The number of carbonyl (C=O) groups is 1. The van der Waals surface area contributed by atoms with Crippen LogP contribution in [0.5, 0.6) is 0 Å². The Bertz CT molecular complexity index is 413. The number of aromatic nitrogens is 1. The number of pyridine rings is 1. The van der Waals surface area contributed by atoms with E-state index in [1.54, 1.807) is 12.4 Å². The van der Waals surface area contributed by atoms with Crippen molar-refractivity contribution in [2.24, 2.45) is 11.7 Å². The number of primary amides is 1. The Morgan fingerprint density at radius 2 is 2.18 bits per heavy atom. The molecule has 0 atom stereocenters. The first-order chi connectivity index (χ1) is 8.18. The van der Waals surface area contributed by atoms with Gasteiger partial charge in [-0.2, -0.15) is 0 Å². The van der Waals surface area contributed by atoms with Gasteiger partial charge in [-0.05, 0) is 25.0 Å². The Morgan fingerprint density at radius 3 is 2.71 bits per heavy atom. The summed E-state index contributed by atoms with van der Waals surface area (Å²) in [5, 5.41) is 0. The van der Waals surface area contributed by atoms with Crippen molar-refractivity contribution in [1.29, 1.82) is 0 Å². The summed E-state index contributed by atoms with van der Waals surface area (Å²) < 4.78 is 0. The maximum atomic E-state index is 11.1. The van der Waals surface area contributed by atoms with Crippen molar-refractivity contribution in [2.45, 2.75) is 12.8 Å². The highest BCUT2D eigenvalue weighted by Gasteiger charge is 2.24. The second-order valence-corrected chi connectivity index (χ2v) is 4.60. The van der Waals surface area contributed by atoms with E-state index >= 15 is 0 Å². The van der Waals surface area contributed by atoms with Gasteiger partial charge in [0, 0.05) is 37.0 Å². The first kappa shape index (κ1) is 12.0. The summed E-state index contributed by atoms with van der Waals surface area (Å²) in [5.74, 6) is -0.195. The van der Waals surface area contributed by atoms with Crippen molar-refractivity contribution < 1.29 is 4.79 Å². The predicted octanol–water partition coefficient (Wildman–Crippen LogP) is 0.954. The molecule has 90 valence electrons. The fourth-order valence-electron chi connectivity index (χ4n) is 2.04. The molecule has 1 amide bonds. The summed E-state index contributed by atoms with van der Waals surface area (Å²) in [4.78, 5) is 18.0. The highest BCUT2D eigenvalue weighted by atomic mass is 32.1. The number of amides is 1. The van der Waals surface area contributed by atoms with Gasteiger partial charge in [0.1, 0.15) is 4.99 Å². The zero-order valence-electron chi connectivity index (χ0n) is 9.50. The summed E-state index contributed by atoms with van der Waals surface area (Å²) in [7, 11) is 0.